The molecule has 3 N–H and O–H groups in total. The van der Waals surface area contributed by atoms with Crippen LogP contribution in [0.25, 0.3) is 11.5 Å². The van der Waals surface area contributed by atoms with Gasteiger partial charge in [0.2, 0.25) is 5.89 Å². The van der Waals surface area contributed by atoms with E-state index in [1.165, 1.54) is 6.26 Å². The molecular formula is C13H15N3O3. The maximum atomic E-state index is 11.7. The fourth-order valence-electron chi connectivity index (χ4n) is 1.49. The number of carbonyl (C=O) groups is 1. The minimum absolute atomic E-state index is 0.239. The van der Waals surface area contributed by atoms with E-state index in [1.807, 2.05) is 0 Å². The molecule has 0 spiro atoms. The van der Waals surface area contributed by atoms with Gasteiger partial charge in [-0.05, 0) is 24.3 Å². The Morgan fingerprint density at radius 1 is 1.42 bits per heavy atom. The monoisotopic (exact) mass is 261 g/mol. The lowest BCUT2D eigenvalue weighted by atomic mass is 10.2. The average Bonchev–Trinajstić information content (AvgIpc) is 2.89. The molecule has 6 nitrogen and oxygen atoms in total. The van der Waals surface area contributed by atoms with Crippen molar-refractivity contribution in [3.05, 3.63) is 36.2 Å². The standard InChI is InChI=1S/C13H15N3O3/c1-18-7-6-15-12(17)11-8-19-13(16-11)9-2-4-10(14)5-3-9/h2-5,8H,6-7,14H2,1H3,(H,15,17). The summed E-state index contributed by atoms with van der Waals surface area (Å²) in [4.78, 5) is 15.8. The summed E-state index contributed by atoms with van der Waals surface area (Å²) < 4.78 is 10.1. The lowest BCUT2D eigenvalue weighted by molar-refractivity contribution is 0.0932. The molecule has 100 valence electrons. The van der Waals surface area contributed by atoms with Gasteiger partial charge in [0.05, 0.1) is 6.61 Å². The Balaban J connectivity index is 2.06. The molecule has 0 fully saturated rings. The molecule has 0 aliphatic heterocycles. The molecule has 2 aromatic rings. The zero-order chi connectivity index (χ0) is 13.7. The number of nitrogens with one attached hydrogen (secondary N) is 1. The predicted molar refractivity (Wildman–Crippen MR) is 70.6 cm³/mol. The topological polar surface area (TPSA) is 90.4 Å². The minimum Gasteiger partial charge on any atom is -0.444 e. The second-order valence-electron chi connectivity index (χ2n) is 3.91. The Kier molecular flexibility index (Phi) is 4.15. The van der Waals surface area contributed by atoms with Gasteiger partial charge in [0, 0.05) is 24.9 Å². The highest BCUT2D eigenvalue weighted by molar-refractivity contribution is 5.92. The maximum absolute atomic E-state index is 11.7. The van der Waals surface area contributed by atoms with E-state index in [9.17, 15) is 4.79 Å². The van der Waals surface area contributed by atoms with Gasteiger partial charge in [-0.2, -0.15) is 0 Å². The van der Waals surface area contributed by atoms with Crippen LogP contribution in [0.2, 0.25) is 0 Å². The molecule has 0 saturated heterocycles. The van der Waals surface area contributed by atoms with Crippen molar-refractivity contribution in [3.63, 3.8) is 0 Å². The first-order valence-corrected chi connectivity index (χ1v) is 5.79. The summed E-state index contributed by atoms with van der Waals surface area (Å²) in [6.07, 6.45) is 1.33. The number of aromatic nitrogens is 1. The van der Waals surface area contributed by atoms with Crippen LogP contribution < -0.4 is 11.1 Å². The number of benzene rings is 1. The van der Waals surface area contributed by atoms with Crippen molar-refractivity contribution in [2.24, 2.45) is 0 Å². The van der Waals surface area contributed by atoms with Gasteiger partial charge in [-0.1, -0.05) is 0 Å². The normalized spacial score (nSPS) is 10.4. The smallest absolute Gasteiger partial charge is 0.273 e. The van der Waals surface area contributed by atoms with Crippen LogP contribution in [-0.2, 0) is 4.74 Å². The second-order valence-corrected chi connectivity index (χ2v) is 3.91. The van der Waals surface area contributed by atoms with Gasteiger partial charge in [0.25, 0.3) is 5.91 Å². The van der Waals surface area contributed by atoms with E-state index >= 15 is 0 Å². The zero-order valence-corrected chi connectivity index (χ0v) is 10.6. The first-order chi connectivity index (χ1) is 9.20. The van der Waals surface area contributed by atoms with Crippen molar-refractivity contribution >= 4 is 11.6 Å². The van der Waals surface area contributed by atoms with Crippen LogP contribution in [0, 0.1) is 0 Å². The second kappa shape index (κ2) is 6.01. The molecule has 0 radical (unpaired) electrons. The van der Waals surface area contributed by atoms with E-state index in [0.29, 0.717) is 24.7 Å². The Morgan fingerprint density at radius 3 is 2.84 bits per heavy atom. The lowest BCUT2D eigenvalue weighted by Crippen LogP contribution is -2.27. The summed E-state index contributed by atoms with van der Waals surface area (Å²) in [5.74, 6) is 0.0967. The Labute approximate surface area is 110 Å². The summed E-state index contributed by atoms with van der Waals surface area (Å²) in [6, 6.07) is 7.07. The van der Waals surface area contributed by atoms with Crippen molar-refractivity contribution < 1.29 is 13.9 Å². The Bertz CT molecular complexity index is 549. The van der Waals surface area contributed by atoms with E-state index in [1.54, 1.807) is 31.4 Å². The number of ether oxygens (including phenoxy) is 1. The number of hydrogen-bond donors (Lipinski definition) is 2. The minimum atomic E-state index is -0.289. The number of amides is 1. The number of anilines is 1. The number of methoxy groups -OCH3 is 1. The van der Waals surface area contributed by atoms with Gasteiger partial charge in [0.1, 0.15) is 6.26 Å². The molecule has 0 aliphatic carbocycles. The summed E-state index contributed by atoms with van der Waals surface area (Å²) in [6.45, 7) is 0.883. The van der Waals surface area contributed by atoms with Gasteiger partial charge in [-0.15, -0.1) is 0 Å². The Morgan fingerprint density at radius 2 is 2.16 bits per heavy atom. The van der Waals surface area contributed by atoms with E-state index in [2.05, 4.69) is 10.3 Å². The SMILES string of the molecule is COCCNC(=O)c1coc(-c2ccc(N)cc2)n1. The van der Waals surface area contributed by atoms with Crippen LogP contribution in [0.5, 0.6) is 0 Å². The highest BCUT2D eigenvalue weighted by Gasteiger charge is 2.12. The third-order valence-corrected chi connectivity index (χ3v) is 2.49. The molecule has 1 aromatic heterocycles. The molecule has 0 saturated carbocycles. The third kappa shape index (κ3) is 3.32. The molecule has 0 unspecified atom stereocenters. The van der Waals surface area contributed by atoms with Crippen molar-refractivity contribution in [2.75, 3.05) is 26.0 Å². The molecule has 0 bridgehead atoms. The largest absolute Gasteiger partial charge is 0.444 e. The number of nitrogens with zero attached hydrogens (tertiary/aromatic N) is 1. The highest BCUT2D eigenvalue weighted by atomic mass is 16.5. The van der Waals surface area contributed by atoms with Crippen LogP contribution in [0.3, 0.4) is 0 Å². The fourth-order valence-corrected chi connectivity index (χ4v) is 1.49. The first kappa shape index (κ1) is 13.1. The number of carbonyl (C=O) groups excluding carboxylic acids is 1. The van der Waals surface area contributed by atoms with Gasteiger partial charge in [-0.3, -0.25) is 4.79 Å². The van der Waals surface area contributed by atoms with Gasteiger partial charge in [0.15, 0.2) is 5.69 Å². The van der Waals surface area contributed by atoms with Crippen LogP contribution in [-0.4, -0.2) is 31.2 Å². The quantitative estimate of drug-likeness (QED) is 0.625. The van der Waals surface area contributed by atoms with Crippen LogP contribution in [0.1, 0.15) is 10.5 Å². The molecule has 6 heteroatoms. The molecule has 2 rings (SSSR count). The summed E-state index contributed by atoms with van der Waals surface area (Å²) in [5, 5.41) is 2.67. The van der Waals surface area contributed by atoms with E-state index in [0.717, 1.165) is 5.56 Å². The van der Waals surface area contributed by atoms with Crippen molar-refractivity contribution in [1.82, 2.24) is 10.3 Å². The van der Waals surface area contributed by atoms with Crippen LogP contribution in [0.15, 0.2) is 34.9 Å². The number of oxazole rings is 1. The first-order valence-electron chi connectivity index (χ1n) is 5.79. The molecule has 0 atom stereocenters. The number of hydrogen-bond acceptors (Lipinski definition) is 5. The average molecular weight is 261 g/mol. The maximum Gasteiger partial charge on any atom is 0.273 e. The van der Waals surface area contributed by atoms with E-state index in [-0.39, 0.29) is 11.6 Å². The van der Waals surface area contributed by atoms with Crippen molar-refractivity contribution in [3.8, 4) is 11.5 Å². The van der Waals surface area contributed by atoms with E-state index < -0.39 is 0 Å². The van der Waals surface area contributed by atoms with Gasteiger partial charge in [-0.25, -0.2) is 4.98 Å². The molecule has 1 amide bonds. The van der Waals surface area contributed by atoms with Gasteiger partial charge < -0.3 is 20.2 Å². The predicted octanol–water partition coefficient (Wildman–Crippen LogP) is 1.30. The summed E-state index contributed by atoms with van der Waals surface area (Å²) in [7, 11) is 1.57. The Hall–Kier alpha value is -2.34. The molecular weight excluding hydrogens is 246 g/mol. The fraction of sp³-hybridized carbons (Fsp3) is 0.231. The summed E-state index contributed by atoms with van der Waals surface area (Å²) >= 11 is 0. The van der Waals surface area contributed by atoms with Crippen molar-refractivity contribution in [2.45, 2.75) is 0 Å². The zero-order valence-electron chi connectivity index (χ0n) is 10.6. The highest BCUT2D eigenvalue weighted by Crippen LogP contribution is 2.19. The van der Waals surface area contributed by atoms with Crippen LogP contribution >= 0.6 is 0 Å². The lowest BCUT2D eigenvalue weighted by Gasteiger charge is -2.00. The van der Waals surface area contributed by atoms with E-state index in [4.69, 9.17) is 14.9 Å². The molecule has 19 heavy (non-hydrogen) atoms. The third-order valence-electron chi connectivity index (χ3n) is 2.49. The number of nitrogens with two attached hydrogens (primary N) is 1. The van der Waals surface area contributed by atoms with Crippen LogP contribution in [0.4, 0.5) is 5.69 Å². The number of nitrogen functional groups attached to an aromatic ring is 1. The number of rotatable bonds is 5. The summed E-state index contributed by atoms with van der Waals surface area (Å²) in [5.41, 5.74) is 7.27. The van der Waals surface area contributed by atoms with Gasteiger partial charge >= 0.3 is 0 Å². The van der Waals surface area contributed by atoms with Crippen molar-refractivity contribution in [1.29, 1.82) is 0 Å². The molecule has 0 aliphatic rings. The molecule has 1 heterocycles. The molecule has 1 aromatic carbocycles.